The quantitative estimate of drug-likeness (QED) is 0.609. The predicted molar refractivity (Wildman–Crippen MR) is 67.1 cm³/mol. The maximum absolute atomic E-state index is 10.9. The molecule has 0 aliphatic carbocycles. The topological polar surface area (TPSA) is 68.1 Å². The molecule has 0 spiro atoms. The lowest BCUT2D eigenvalue weighted by Gasteiger charge is -2.23. The summed E-state index contributed by atoms with van der Waals surface area (Å²) >= 11 is 0. The van der Waals surface area contributed by atoms with Gasteiger partial charge < -0.3 is 5.32 Å². The Morgan fingerprint density at radius 2 is 2.24 bits per heavy atom. The normalized spacial score (nSPS) is 14.3. The summed E-state index contributed by atoms with van der Waals surface area (Å²) in [5.74, 6) is 0.100. The molecule has 0 aliphatic rings. The van der Waals surface area contributed by atoms with Gasteiger partial charge in [0, 0.05) is 23.7 Å². The van der Waals surface area contributed by atoms with Gasteiger partial charge in [-0.25, -0.2) is 0 Å². The highest BCUT2D eigenvalue weighted by molar-refractivity contribution is 5.40. The van der Waals surface area contributed by atoms with Gasteiger partial charge in [0.1, 0.15) is 6.20 Å². The van der Waals surface area contributed by atoms with Crippen molar-refractivity contribution < 1.29 is 4.92 Å². The van der Waals surface area contributed by atoms with Crippen molar-refractivity contribution in [2.45, 2.75) is 39.2 Å². The fourth-order valence-corrected chi connectivity index (χ4v) is 2.09. The average molecular weight is 237 g/mol. The van der Waals surface area contributed by atoms with E-state index in [1.54, 1.807) is 12.3 Å². The van der Waals surface area contributed by atoms with Crippen molar-refractivity contribution in [1.82, 2.24) is 10.3 Å². The molecule has 0 saturated heterocycles. The molecule has 1 N–H and O–H groups in total. The number of nitrogens with zero attached hydrogens (tertiary/aromatic N) is 2. The van der Waals surface area contributed by atoms with Gasteiger partial charge in [0.25, 0.3) is 5.69 Å². The summed E-state index contributed by atoms with van der Waals surface area (Å²) in [6.07, 6.45) is 3.87. The van der Waals surface area contributed by atoms with Crippen LogP contribution < -0.4 is 5.32 Å². The van der Waals surface area contributed by atoms with Crippen LogP contribution in [0.2, 0.25) is 0 Å². The van der Waals surface area contributed by atoms with Crippen LogP contribution in [0.25, 0.3) is 0 Å². The van der Waals surface area contributed by atoms with Crippen LogP contribution in [0.5, 0.6) is 0 Å². The predicted octanol–water partition coefficient (Wildman–Crippen LogP) is 2.48. The van der Waals surface area contributed by atoms with Crippen molar-refractivity contribution in [3.05, 3.63) is 34.1 Å². The zero-order valence-corrected chi connectivity index (χ0v) is 10.5. The van der Waals surface area contributed by atoms with Gasteiger partial charge in [-0.3, -0.25) is 15.1 Å². The third-order valence-corrected chi connectivity index (χ3v) is 3.03. The Labute approximate surface area is 101 Å². The molecule has 5 nitrogen and oxygen atoms in total. The van der Waals surface area contributed by atoms with Crippen LogP contribution in [0, 0.1) is 10.1 Å². The Morgan fingerprint density at radius 3 is 2.76 bits per heavy atom. The van der Waals surface area contributed by atoms with Crippen LogP contribution in [-0.2, 0) is 0 Å². The molecular weight excluding hydrogens is 218 g/mol. The first kappa shape index (κ1) is 13.6. The highest BCUT2D eigenvalue weighted by Gasteiger charge is 2.24. The molecule has 1 aromatic rings. The number of nitro groups is 1. The standard InChI is InChI=1S/C12H19N3O2/c1-4-11(14-5-2)9(3)10-6-7-13-8-12(10)15(16)17/h6-9,11,14H,4-5H2,1-3H3. The zero-order chi connectivity index (χ0) is 12.8. The van der Waals surface area contributed by atoms with Gasteiger partial charge in [0.05, 0.1) is 4.92 Å². The summed E-state index contributed by atoms with van der Waals surface area (Å²) in [6.45, 7) is 6.99. The molecule has 0 aliphatic heterocycles. The highest BCUT2D eigenvalue weighted by Crippen LogP contribution is 2.28. The molecule has 0 radical (unpaired) electrons. The molecule has 0 bridgehead atoms. The lowest BCUT2D eigenvalue weighted by Crippen LogP contribution is -2.33. The maximum atomic E-state index is 10.9. The second-order valence-corrected chi connectivity index (χ2v) is 4.05. The Balaban J connectivity index is 3.01. The lowest BCUT2D eigenvalue weighted by molar-refractivity contribution is -0.386. The molecule has 5 heteroatoms. The maximum Gasteiger partial charge on any atom is 0.291 e. The van der Waals surface area contributed by atoms with Gasteiger partial charge in [-0.05, 0) is 19.0 Å². The number of pyridine rings is 1. The van der Waals surface area contributed by atoms with E-state index in [1.165, 1.54) is 6.20 Å². The SMILES string of the molecule is CCNC(CC)C(C)c1ccncc1[N+](=O)[O-]. The smallest absolute Gasteiger partial charge is 0.291 e. The molecule has 1 rings (SSSR count). The van der Waals surface area contributed by atoms with Crippen LogP contribution >= 0.6 is 0 Å². The summed E-state index contributed by atoms with van der Waals surface area (Å²) in [5.41, 5.74) is 0.856. The molecule has 0 fully saturated rings. The molecule has 2 unspecified atom stereocenters. The van der Waals surface area contributed by atoms with Gasteiger partial charge in [-0.15, -0.1) is 0 Å². The number of hydrogen-bond donors (Lipinski definition) is 1. The van der Waals surface area contributed by atoms with Crippen LogP contribution in [0.15, 0.2) is 18.5 Å². The molecule has 17 heavy (non-hydrogen) atoms. The lowest BCUT2D eigenvalue weighted by atomic mass is 9.91. The van der Waals surface area contributed by atoms with E-state index < -0.39 is 0 Å². The minimum Gasteiger partial charge on any atom is -0.314 e. The Bertz CT molecular complexity index is 382. The monoisotopic (exact) mass is 237 g/mol. The molecule has 94 valence electrons. The van der Waals surface area contributed by atoms with Crippen molar-refractivity contribution in [3.63, 3.8) is 0 Å². The van der Waals surface area contributed by atoms with Crippen molar-refractivity contribution in [2.24, 2.45) is 0 Å². The van der Waals surface area contributed by atoms with E-state index in [4.69, 9.17) is 0 Å². The van der Waals surface area contributed by atoms with E-state index in [-0.39, 0.29) is 22.6 Å². The number of rotatable bonds is 6. The summed E-state index contributed by atoms with van der Waals surface area (Å²) in [6, 6.07) is 1.99. The van der Waals surface area contributed by atoms with Gasteiger partial charge in [-0.1, -0.05) is 20.8 Å². The first-order valence-electron chi connectivity index (χ1n) is 5.93. The fourth-order valence-electron chi connectivity index (χ4n) is 2.09. The van der Waals surface area contributed by atoms with Crippen molar-refractivity contribution in [3.8, 4) is 0 Å². The Kier molecular flexibility index (Phi) is 5.03. The second kappa shape index (κ2) is 6.30. The number of likely N-dealkylation sites (N-methyl/N-ethyl adjacent to an activating group) is 1. The number of nitrogens with one attached hydrogen (secondary N) is 1. The van der Waals surface area contributed by atoms with E-state index in [9.17, 15) is 10.1 Å². The van der Waals surface area contributed by atoms with Crippen LogP contribution in [0.4, 0.5) is 5.69 Å². The van der Waals surface area contributed by atoms with E-state index in [0.717, 1.165) is 18.5 Å². The van der Waals surface area contributed by atoms with E-state index >= 15 is 0 Å². The van der Waals surface area contributed by atoms with Gasteiger partial charge in [0.15, 0.2) is 0 Å². The molecule has 0 aromatic carbocycles. The third kappa shape index (κ3) is 3.23. The Morgan fingerprint density at radius 1 is 1.53 bits per heavy atom. The molecule has 0 saturated carbocycles. The van der Waals surface area contributed by atoms with Gasteiger partial charge in [-0.2, -0.15) is 0 Å². The zero-order valence-electron chi connectivity index (χ0n) is 10.5. The van der Waals surface area contributed by atoms with Crippen LogP contribution in [0.1, 0.15) is 38.7 Å². The van der Waals surface area contributed by atoms with E-state index in [2.05, 4.69) is 17.2 Å². The largest absolute Gasteiger partial charge is 0.314 e. The highest BCUT2D eigenvalue weighted by atomic mass is 16.6. The van der Waals surface area contributed by atoms with Crippen LogP contribution in [-0.4, -0.2) is 22.5 Å². The third-order valence-electron chi connectivity index (χ3n) is 3.03. The van der Waals surface area contributed by atoms with Crippen molar-refractivity contribution in [2.75, 3.05) is 6.54 Å². The number of hydrogen-bond acceptors (Lipinski definition) is 4. The first-order valence-corrected chi connectivity index (χ1v) is 5.93. The fraction of sp³-hybridized carbons (Fsp3) is 0.583. The van der Waals surface area contributed by atoms with E-state index in [0.29, 0.717) is 0 Å². The van der Waals surface area contributed by atoms with Crippen molar-refractivity contribution >= 4 is 5.69 Å². The summed E-state index contributed by atoms with van der Waals surface area (Å²) in [4.78, 5) is 14.4. The minimum atomic E-state index is -0.364. The van der Waals surface area contributed by atoms with E-state index in [1.807, 2.05) is 13.8 Å². The first-order chi connectivity index (χ1) is 8.11. The van der Waals surface area contributed by atoms with Crippen LogP contribution in [0.3, 0.4) is 0 Å². The molecule has 0 amide bonds. The molecule has 1 heterocycles. The average Bonchev–Trinajstić information content (AvgIpc) is 2.35. The second-order valence-electron chi connectivity index (χ2n) is 4.05. The van der Waals surface area contributed by atoms with Gasteiger partial charge >= 0.3 is 0 Å². The minimum absolute atomic E-state index is 0.100. The summed E-state index contributed by atoms with van der Waals surface area (Å²) < 4.78 is 0. The molecular formula is C12H19N3O2. The van der Waals surface area contributed by atoms with Gasteiger partial charge in [0.2, 0.25) is 0 Å². The summed E-state index contributed by atoms with van der Waals surface area (Å²) in [5, 5.41) is 14.3. The van der Waals surface area contributed by atoms with Crippen molar-refractivity contribution in [1.29, 1.82) is 0 Å². The molecule has 2 atom stereocenters. The summed E-state index contributed by atoms with van der Waals surface area (Å²) in [7, 11) is 0. The number of aromatic nitrogens is 1. The Hall–Kier alpha value is -1.49. The molecule has 1 aromatic heterocycles.